The number of phenols is 2. The van der Waals surface area contributed by atoms with Crippen molar-refractivity contribution >= 4 is 0 Å². The Morgan fingerprint density at radius 2 is 1.56 bits per heavy atom. The quantitative estimate of drug-likeness (QED) is 0.442. The molecule has 0 unspecified atom stereocenters. The summed E-state index contributed by atoms with van der Waals surface area (Å²) in [7, 11) is 0. The summed E-state index contributed by atoms with van der Waals surface area (Å²) in [6.07, 6.45) is 0.192. The first-order chi connectivity index (χ1) is 12.8. The summed E-state index contributed by atoms with van der Waals surface area (Å²) in [5.74, 6) is -0.0232. The molecular formula is C21H34O6. The van der Waals surface area contributed by atoms with E-state index >= 15 is 0 Å². The van der Waals surface area contributed by atoms with Crippen molar-refractivity contribution in [2.75, 3.05) is 0 Å². The number of hydrogen-bond acceptors (Lipinski definition) is 6. The van der Waals surface area contributed by atoms with E-state index < -0.39 is 30.5 Å². The maximum absolute atomic E-state index is 10.9. The predicted molar refractivity (Wildman–Crippen MR) is 103 cm³/mol. The van der Waals surface area contributed by atoms with E-state index in [9.17, 15) is 25.5 Å². The molecule has 1 aromatic rings. The first kappa shape index (κ1) is 22.0. The third-order valence-corrected chi connectivity index (χ3v) is 5.47. The normalized spacial score (nSPS) is 28.4. The standard InChI is InChI=1S/C21H34O6/c1-4-6-8-9-13-11-15(22)14(10-7-5-2)18(24)16(13)21-20(26)19(25)17(23)12(3)27-21/h11-12,17,19-26H,4-10H2,1-3H3/t12-,17-,19+,20+,21-/m0/s1. The van der Waals surface area contributed by atoms with Gasteiger partial charge in [0, 0.05) is 11.1 Å². The van der Waals surface area contributed by atoms with Crippen molar-refractivity contribution < 1.29 is 30.3 Å². The molecule has 1 aliphatic heterocycles. The zero-order chi connectivity index (χ0) is 20.1. The molecule has 1 saturated heterocycles. The van der Waals surface area contributed by atoms with Crippen LogP contribution in [0.15, 0.2) is 6.07 Å². The van der Waals surface area contributed by atoms with Crippen molar-refractivity contribution in [1.82, 2.24) is 0 Å². The number of ether oxygens (including phenoxy) is 1. The molecule has 6 nitrogen and oxygen atoms in total. The van der Waals surface area contributed by atoms with Gasteiger partial charge in [0.05, 0.1) is 6.10 Å². The minimum Gasteiger partial charge on any atom is -0.508 e. The van der Waals surface area contributed by atoms with Gasteiger partial charge >= 0.3 is 0 Å². The number of aliphatic hydroxyl groups is 3. The number of benzene rings is 1. The van der Waals surface area contributed by atoms with Gasteiger partial charge in [0.25, 0.3) is 0 Å². The SMILES string of the molecule is CCCCCc1cc(O)c(CCCC)c(O)c1[C@@H]1O[C@@H](C)[C@H](O)[C@@H](O)[C@H]1O. The smallest absolute Gasteiger partial charge is 0.128 e. The molecular weight excluding hydrogens is 348 g/mol. The first-order valence-electron chi connectivity index (χ1n) is 10.1. The lowest BCUT2D eigenvalue weighted by Gasteiger charge is -2.40. The Kier molecular flexibility index (Phi) is 7.91. The predicted octanol–water partition coefficient (Wildman–Crippen LogP) is 2.72. The van der Waals surface area contributed by atoms with E-state index in [0.717, 1.165) is 32.1 Å². The van der Waals surface area contributed by atoms with Gasteiger partial charge in [0.15, 0.2) is 0 Å². The van der Waals surface area contributed by atoms with Gasteiger partial charge in [-0.05, 0) is 44.2 Å². The van der Waals surface area contributed by atoms with Crippen LogP contribution in [0.5, 0.6) is 11.5 Å². The molecule has 1 aliphatic rings. The Labute approximate surface area is 161 Å². The van der Waals surface area contributed by atoms with Crippen LogP contribution in [0.2, 0.25) is 0 Å². The van der Waals surface area contributed by atoms with Crippen LogP contribution < -0.4 is 0 Å². The van der Waals surface area contributed by atoms with Crippen molar-refractivity contribution in [2.45, 2.75) is 96.2 Å². The third kappa shape index (κ3) is 4.74. The lowest BCUT2D eigenvalue weighted by Crippen LogP contribution is -2.53. The molecule has 1 heterocycles. The maximum Gasteiger partial charge on any atom is 0.128 e. The van der Waals surface area contributed by atoms with Crippen molar-refractivity contribution in [1.29, 1.82) is 0 Å². The lowest BCUT2D eigenvalue weighted by molar-refractivity contribution is -0.220. The Bertz CT molecular complexity index is 617. The minimum absolute atomic E-state index is 0.0510. The van der Waals surface area contributed by atoms with Crippen LogP contribution >= 0.6 is 0 Å². The van der Waals surface area contributed by atoms with Crippen LogP contribution in [0.1, 0.15) is 75.7 Å². The van der Waals surface area contributed by atoms with Gasteiger partial charge in [-0.1, -0.05) is 33.1 Å². The van der Waals surface area contributed by atoms with Gasteiger partial charge in [-0.2, -0.15) is 0 Å². The highest BCUT2D eigenvalue weighted by atomic mass is 16.5. The molecule has 5 atom stereocenters. The molecule has 0 aromatic heterocycles. The summed E-state index contributed by atoms with van der Waals surface area (Å²) in [4.78, 5) is 0. The summed E-state index contributed by atoms with van der Waals surface area (Å²) in [6, 6.07) is 1.65. The van der Waals surface area contributed by atoms with E-state index in [1.165, 1.54) is 0 Å². The monoisotopic (exact) mass is 382 g/mol. The number of hydrogen-bond donors (Lipinski definition) is 5. The highest BCUT2D eigenvalue weighted by Gasteiger charge is 2.44. The van der Waals surface area contributed by atoms with Gasteiger partial charge in [-0.3, -0.25) is 0 Å². The van der Waals surface area contributed by atoms with E-state index in [2.05, 4.69) is 6.92 Å². The highest BCUT2D eigenvalue weighted by molar-refractivity contribution is 5.54. The molecule has 0 aliphatic carbocycles. The molecule has 27 heavy (non-hydrogen) atoms. The van der Waals surface area contributed by atoms with Crippen LogP contribution in [-0.2, 0) is 17.6 Å². The molecule has 1 aromatic carbocycles. The van der Waals surface area contributed by atoms with E-state index in [1.54, 1.807) is 13.0 Å². The Morgan fingerprint density at radius 1 is 0.889 bits per heavy atom. The van der Waals surface area contributed by atoms with Crippen LogP contribution in [0.4, 0.5) is 0 Å². The molecule has 0 spiro atoms. The van der Waals surface area contributed by atoms with E-state index in [-0.39, 0.29) is 11.5 Å². The molecule has 0 saturated carbocycles. The molecule has 1 fully saturated rings. The van der Waals surface area contributed by atoms with E-state index in [0.29, 0.717) is 29.5 Å². The average Bonchev–Trinajstić information content (AvgIpc) is 2.63. The second-order valence-electron chi connectivity index (χ2n) is 7.59. The number of rotatable bonds is 8. The van der Waals surface area contributed by atoms with Crippen LogP contribution in [0.25, 0.3) is 0 Å². The summed E-state index contributed by atoms with van der Waals surface area (Å²) < 4.78 is 5.79. The van der Waals surface area contributed by atoms with Gasteiger partial charge in [-0.15, -0.1) is 0 Å². The average molecular weight is 382 g/mol. The van der Waals surface area contributed by atoms with Crippen LogP contribution in [0, 0.1) is 0 Å². The van der Waals surface area contributed by atoms with Crippen LogP contribution in [-0.4, -0.2) is 49.9 Å². The summed E-state index contributed by atoms with van der Waals surface area (Å²) in [6.45, 7) is 5.75. The van der Waals surface area contributed by atoms with E-state index in [1.807, 2.05) is 6.92 Å². The van der Waals surface area contributed by atoms with Gasteiger partial charge < -0.3 is 30.3 Å². The topological polar surface area (TPSA) is 110 Å². The third-order valence-electron chi connectivity index (χ3n) is 5.47. The molecule has 154 valence electrons. The maximum atomic E-state index is 10.9. The summed E-state index contributed by atoms with van der Waals surface area (Å²) in [5, 5.41) is 52.1. The van der Waals surface area contributed by atoms with Crippen molar-refractivity contribution in [3.8, 4) is 11.5 Å². The number of aryl methyl sites for hydroxylation is 1. The van der Waals surface area contributed by atoms with Crippen molar-refractivity contribution in [3.05, 3.63) is 22.8 Å². The zero-order valence-electron chi connectivity index (χ0n) is 16.6. The second kappa shape index (κ2) is 9.73. The minimum atomic E-state index is -1.37. The number of aliphatic hydroxyl groups excluding tert-OH is 3. The molecule has 5 N–H and O–H groups in total. The summed E-state index contributed by atoms with van der Waals surface area (Å²) >= 11 is 0. The summed E-state index contributed by atoms with van der Waals surface area (Å²) in [5.41, 5.74) is 1.56. The Morgan fingerprint density at radius 3 is 2.19 bits per heavy atom. The van der Waals surface area contributed by atoms with Crippen molar-refractivity contribution in [3.63, 3.8) is 0 Å². The first-order valence-corrected chi connectivity index (χ1v) is 10.1. The van der Waals surface area contributed by atoms with Crippen LogP contribution in [0.3, 0.4) is 0 Å². The Balaban J connectivity index is 2.49. The van der Waals surface area contributed by atoms with Gasteiger partial charge in [-0.25, -0.2) is 0 Å². The molecule has 0 amide bonds. The van der Waals surface area contributed by atoms with Gasteiger partial charge in [0.2, 0.25) is 0 Å². The van der Waals surface area contributed by atoms with E-state index in [4.69, 9.17) is 4.74 Å². The van der Waals surface area contributed by atoms with Crippen molar-refractivity contribution in [2.24, 2.45) is 0 Å². The lowest BCUT2D eigenvalue weighted by atomic mass is 9.85. The fraction of sp³-hybridized carbons (Fsp3) is 0.714. The number of phenolic OH excluding ortho intramolecular Hbond substituents is 2. The fourth-order valence-electron chi connectivity index (χ4n) is 3.75. The molecule has 6 heteroatoms. The Hall–Kier alpha value is -1.34. The fourth-order valence-corrected chi connectivity index (χ4v) is 3.75. The molecule has 2 rings (SSSR count). The zero-order valence-corrected chi connectivity index (χ0v) is 16.6. The highest BCUT2D eigenvalue weighted by Crippen LogP contribution is 2.44. The number of aromatic hydroxyl groups is 2. The second-order valence-corrected chi connectivity index (χ2v) is 7.59. The largest absolute Gasteiger partial charge is 0.508 e. The van der Waals surface area contributed by atoms with Gasteiger partial charge in [0.1, 0.15) is 35.9 Å². The number of unbranched alkanes of at least 4 members (excludes halogenated alkanes) is 3. The molecule has 0 bridgehead atoms. The molecule has 0 radical (unpaired) electrons.